The zero-order chi connectivity index (χ0) is 10.7. The van der Waals surface area contributed by atoms with E-state index < -0.39 is 11.8 Å². The van der Waals surface area contributed by atoms with Crippen molar-refractivity contribution in [1.82, 2.24) is 0 Å². The highest BCUT2D eigenvalue weighted by molar-refractivity contribution is 9.08. The zero-order valence-electron chi connectivity index (χ0n) is 7.38. The average Bonchev–Trinajstić information content (AvgIpc) is 2.16. The molecule has 0 aliphatic heterocycles. The van der Waals surface area contributed by atoms with Crippen molar-refractivity contribution >= 4 is 21.9 Å². The van der Waals surface area contributed by atoms with Crippen molar-refractivity contribution in [3.63, 3.8) is 0 Å². The van der Waals surface area contributed by atoms with Crippen LogP contribution < -0.4 is 4.74 Å². The van der Waals surface area contributed by atoms with E-state index in [1.165, 1.54) is 19.2 Å². The van der Waals surface area contributed by atoms with Crippen molar-refractivity contribution in [2.75, 3.05) is 7.11 Å². The molecular weight excluding hydrogens is 255 g/mol. The molecule has 1 aromatic rings. The van der Waals surface area contributed by atoms with Crippen LogP contribution in [0.3, 0.4) is 0 Å². The van der Waals surface area contributed by atoms with Gasteiger partial charge in [0, 0.05) is 5.33 Å². The Balaban J connectivity index is 3.35. The molecule has 1 N–H and O–H groups in total. The Morgan fingerprint density at radius 1 is 1.64 bits per heavy atom. The number of rotatable bonds is 3. The van der Waals surface area contributed by atoms with E-state index in [4.69, 9.17) is 5.11 Å². The molecule has 0 bridgehead atoms. The fraction of sp³-hybridized carbons (Fsp3) is 0.222. The number of alkyl halides is 1. The van der Waals surface area contributed by atoms with E-state index in [1.54, 1.807) is 0 Å². The number of halogens is 2. The molecular formula is C9H8BrFO3. The third-order valence-corrected chi connectivity index (χ3v) is 2.34. The largest absolute Gasteiger partial charge is 0.493 e. The van der Waals surface area contributed by atoms with Crippen molar-refractivity contribution in [1.29, 1.82) is 0 Å². The molecule has 0 unspecified atom stereocenters. The van der Waals surface area contributed by atoms with Gasteiger partial charge in [0.1, 0.15) is 5.56 Å². The van der Waals surface area contributed by atoms with Crippen LogP contribution >= 0.6 is 15.9 Å². The minimum Gasteiger partial charge on any atom is -0.493 e. The van der Waals surface area contributed by atoms with E-state index >= 15 is 0 Å². The van der Waals surface area contributed by atoms with Crippen LogP contribution in [0.4, 0.5) is 4.39 Å². The Bertz CT molecular complexity index is 365. The summed E-state index contributed by atoms with van der Waals surface area (Å²) < 4.78 is 17.9. The smallest absolute Gasteiger partial charge is 0.339 e. The molecule has 3 nitrogen and oxygen atoms in total. The number of benzene rings is 1. The minimum absolute atomic E-state index is 0.165. The summed E-state index contributed by atoms with van der Waals surface area (Å²) in [5.41, 5.74) is 0.391. The van der Waals surface area contributed by atoms with E-state index in [9.17, 15) is 9.18 Å². The van der Waals surface area contributed by atoms with Gasteiger partial charge in [-0.25, -0.2) is 9.18 Å². The maximum Gasteiger partial charge on any atom is 0.339 e. The first-order valence-corrected chi connectivity index (χ1v) is 4.88. The van der Waals surface area contributed by atoms with Gasteiger partial charge in [-0.3, -0.25) is 0 Å². The van der Waals surface area contributed by atoms with Crippen LogP contribution in [0, 0.1) is 5.82 Å². The summed E-state index contributed by atoms with van der Waals surface area (Å²) in [6, 6.07) is 2.61. The van der Waals surface area contributed by atoms with Gasteiger partial charge in [-0.1, -0.05) is 15.9 Å². The molecule has 0 amide bonds. The second-order valence-corrected chi connectivity index (χ2v) is 3.16. The molecule has 0 spiro atoms. The molecule has 0 saturated heterocycles. The second-order valence-electron chi connectivity index (χ2n) is 2.60. The van der Waals surface area contributed by atoms with Crippen LogP contribution in [0.1, 0.15) is 15.9 Å². The van der Waals surface area contributed by atoms with Crippen molar-refractivity contribution in [2.45, 2.75) is 5.33 Å². The standard InChI is InChI=1S/C9H8BrFO3/c1-14-8-6(9(12)13)2-5(4-10)3-7(8)11/h2-3H,4H2,1H3,(H,12,13). The number of carboxylic acid groups (broad SMARTS) is 1. The molecule has 0 aliphatic carbocycles. The maximum absolute atomic E-state index is 13.2. The van der Waals surface area contributed by atoms with Crippen LogP contribution in [0.25, 0.3) is 0 Å². The van der Waals surface area contributed by atoms with E-state index in [1.807, 2.05) is 0 Å². The molecule has 5 heteroatoms. The number of ether oxygens (including phenoxy) is 1. The summed E-state index contributed by atoms with van der Waals surface area (Å²) in [4.78, 5) is 10.7. The van der Waals surface area contributed by atoms with Gasteiger partial charge in [0.15, 0.2) is 11.6 Å². The maximum atomic E-state index is 13.2. The van der Waals surface area contributed by atoms with Crippen LogP contribution in [0.5, 0.6) is 5.75 Å². The van der Waals surface area contributed by atoms with Gasteiger partial charge in [0.2, 0.25) is 0 Å². The number of aromatic carboxylic acids is 1. The Hall–Kier alpha value is -1.10. The average molecular weight is 263 g/mol. The summed E-state index contributed by atoms with van der Waals surface area (Å²) in [5.74, 6) is -2.10. The lowest BCUT2D eigenvalue weighted by Gasteiger charge is -2.07. The molecule has 1 aromatic carbocycles. The fourth-order valence-electron chi connectivity index (χ4n) is 1.09. The van der Waals surface area contributed by atoms with Crippen molar-refractivity contribution < 1.29 is 19.0 Å². The highest BCUT2D eigenvalue weighted by Crippen LogP contribution is 2.25. The second kappa shape index (κ2) is 4.41. The number of hydrogen-bond acceptors (Lipinski definition) is 2. The number of hydrogen-bond donors (Lipinski definition) is 1. The Labute approximate surface area is 88.6 Å². The van der Waals surface area contributed by atoms with Crippen molar-refractivity contribution in [2.24, 2.45) is 0 Å². The molecule has 0 fully saturated rings. The highest BCUT2D eigenvalue weighted by atomic mass is 79.9. The summed E-state index contributed by atoms with van der Waals surface area (Å²) in [6.45, 7) is 0. The first-order valence-electron chi connectivity index (χ1n) is 3.75. The molecule has 0 atom stereocenters. The number of methoxy groups -OCH3 is 1. The molecule has 14 heavy (non-hydrogen) atoms. The normalized spacial score (nSPS) is 9.93. The third-order valence-electron chi connectivity index (χ3n) is 1.69. The summed E-state index contributed by atoms with van der Waals surface area (Å²) in [5, 5.41) is 9.18. The predicted molar refractivity (Wildman–Crippen MR) is 52.5 cm³/mol. The van der Waals surface area contributed by atoms with Crippen molar-refractivity contribution in [3.05, 3.63) is 29.1 Å². The van der Waals surface area contributed by atoms with Gasteiger partial charge in [-0.15, -0.1) is 0 Å². The summed E-state index contributed by atoms with van der Waals surface area (Å²) in [6.07, 6.45) is 0. The molecule has 0 saturated carbocycles. The summed E-state index contributed by atoms with van der Waals surface area (Å²) >= 11 is 3.12. The lowest BCUT2D eigenvalue weighted by molar-refractivity contribution is 0.0692. The lowest BCUT2D eigenvalue weighted by Crippen LogP contribution is -2.03. The monoisotopic (exact) mass is 262 g/mol. The van der Waals surface area contributed by atoms with Crippen LogP contribution in [-0.4, -0.2) is 18.2 Å². The molecule has 0 aromatic heterocycles. The lowest BCUT2D eigenvalue weighted by atomic mass is 10.1. The van der Waals surface area contributed by atoms with E-state index in [0.717, 1.165) is 0 Å². The van der Waals surface area contributed by atoms with Gasteiger partial charge < -0.3 is 9.84 Å². The third kappa shape index (κ3) is 2.04. The molecule has 0 heterocycles. The van der Waals surface area contributed by atoms with Crippen LogP contribution in [0.2, 0.25) is 0 Å². The molecule has 0 radical (unpaired) electrons. The SMILES string of the molecule is COc1c(F)cc(CBr)cc1C(=O)O. The summed E-state index contributed by atoms with van der Waals surface area (Å²) in [7, 11) is 1.23. The van der Waals surface area contributed by atoms with E-state index in [0.29, 0.717) is 10.9 Å². The van der Waals surface area contributed by atoms with Gasteiger partial charge in [0.05, 0.1) is 7.11 Å². The van der Waals surface area contributed by atoms with Crippen LogP contribution in [0.15, 0.2) is 12.1 Å². The van der Waals surface area contributed by atoms with Crippen molar-refractivity contribution in [3.8, 4) is 5.75 Å². The predicted octanol–water partition coefficient (Wildman–Crippen LogP) is 2.43. The van der Waals surface area contributed by atoms with Gasteiger partial charge in [-0.2, -0.15) is 0 Å². The van der Waals surface area contributed by atoms with E-state index in [2.05, 4.69) is 20.7 Å². The molecule has 0 aliphatic rings. The first-order chi connectivity index (χ1) is 6.60. The molecule has 76 valence electrons. The minimum atomic E-state index is -1.21. The van der Waals surface area contributed by atoms with Gasteiger partial charge >= 0.3 is 5.97 Å². The topological polar surface area (TPSA) is 46.5 Å². The quantitative estimate of drug-likeness (QED) is 0.852. The van der Waals surface area contributed by atoms with E-state index in [-0.39, 0.29) is 11.3 Å². The fourth-order valence-corrected chi connectivity index (χ4v) is 1.42. The van der Waals surface area contributed by atoms with Crippen LogP contribution in [-0.2, 0) is 5.33 Å². The number of carboxylic acids is 1. The zero-order valence-corrected chi connectivity index (χ0v) is 8.97. The Morgan fingerprint density at radius 2 is 2.29 bits per heavy atom. The Kier molecular flexibility index (Phi) is 3.46. The first kappa shape index (κ1) is 11.0. The number of carbonyl (C=O) groups is 1. The van der Waals surface area contributed by atoms with Gasteiger partial charge in [0.25, 0.3) is 0 Å². The Morgan fingerprint density at radius 3 is 2.71 bits per heavy atom. The highest BCUT2D eigenvalue weighted by Gasteiger charge is 2.16. The van der Waals surface area contributed by atoms with Gasteiger partial charge in [-0.05, 0) is 17.7 Å². The molecule has 1 rings (SSSR count).